The van der Waals surface area contributed by atoms with Gasteiger partial charge in [-0.1, -0.05) is 25.5 Å². The maximum absolute atomic E-state index is 12.6. The van der Waals surface area contributed by atoms with Gasteiger partial charge in [-0.2, -0.15) is 5.10 Å². The van der Waals surface area contributed by atoms with E-state index in [9.17, 15) is 8.42 Å². The van der Waals surface area contributed by atoms with E-state index >= 15 is 0 Å². The minimum absolute atomic E-state index is 0.195. The van der Waals surface area contributed by atoms with Gasteiger partial charge < -0.3 is 0 Å². The second-order valence-electron chi connectivity index (χ2n) is 6.10. The van der Waals surface area contributed by atoms with Gasteiger partial charge in [0.2, 0.25) is 0 Å². The van der Waals surface area contributed by atoms with Crippen LogP contribution in [0, 0.1) is 13.8 Å². The lowest BCUT2D eigenvalue weighted by Gasteiger charge is -2.09. The van der Waals surface area contributed by atoms with Crippen molar-refractivity contribution in [3.05, 3.63) is 59.7 Å². The predicted octanol–water partition coefficient (Wildman–Crippen LogP) is 3.03. The van der Waals surface area contributed by atoms with Gasteiger partial charge in [0.1, 0.15) is 12.1 Å². The number of aryl methyl sites for hydroxylation is 3. The summed E-state index contributed by atoms with van der Waals surface area (Å²) in [5, 5.41) is 4.35. The first kappa shape index (κ1) is 18.1. The van der Waals surface area contributed by atoms with Gasteiger partial charge >= 0.3 is 0 Å². The highest BCUT2D eigenvalue weighted by Gasteiger charge is 2.16. The largest absolute Gasteiger partial charge is 0.263 e. The van der Waals surface area contributed by atoms with E-state index in [0.717, 1.165) is 29.8 Å². The molecule has 3 aromatic rings. The van der Waals surface area contributed by atoms with Gasteiger partial charge in [0, 0.05) is 11.8 Å². The van der Waals surface area contributed by atoms with Crippen molar-refractivity contribution in [3.8, 4) is 5.82 Å². The molecule has 0 saturated carbocycles. The Bertz CT molecular complexity index is 1010. The third kappa shape index (κ3) is 3.91. The summed E-state index contributed by atoms with van der Waals surface area (Å²) in [6.07, 6.45) is 3.25. The lowest BCUT2D eigenvalue weighted by atomic mass is 10.1. The molecule has 1 aromatic carbocycles. The van der Waals surface area contributed by atoms with Crippen molar-refractivity contribution in [2.75, 3.05) is 4.72 Å². The Morgan fingerprint density at radius 3 is 2.42 bits per heavy atom. The zero-order valence-electron chi connectivity index (χ0n) is 15.0. The van der Waals surface area contributed by atoms with Crippen LogP contribution in [0.2, 0.25) is 0 Å². The number of anilines is 1. The lowest BCUT2D eigenvalue weighted by molar-refractivity contribution is 0.601. The van der Waals surface area contributed by atoms with Gasteiger partial charge in [-0.15, -0.1) is 0 Å². The number of sulfonamides is 1. The van der Waals surface area contributed by atoms with E-state index in [-0.39, 0.29) is 10.7 Å². The fourth-order valence-electron chi connectivity index (χ4n) is 2.70. The third-order valence-corrected chi connectivity index (χ3v) is 5.26. The lowest BCUT2D eigenvalue weighted by Crippen LogP contribution is -2.15. The molecule has 1 N–H and O–H groups in total. The fraction of sp³-hybridized carbons (Fsp3) is 0.278. The molecule has 0 saturated heterocycles. The van der Waals surface area contributed by atoms with Gasteiger partial charge in [0.15, 0.2) is 5.82 Å². The highest BCUT2D eigenvalue weighted by atomic mass is 32.2. The van der Waals surface area contributed by atoms with Gasteiger partial charge in [0.25, 0.3) is 10.0 Å². The molecule has 3 rings (SSSR count). The fourth-order valence-corrected chi connectivity index (χ4v) is 3.70. The van der Waals surface area contributed by atoms with E-state index in [1.165, 1.54) is 6.33 Å². The molecular formula is C18H21N5O2S. The summed E-state index contributed by atoms with van der Waals surface area (Å²) < 4.78 is 29.3. The summed E-state index contributed by atoms with van der Waals surface area (Å²) in [5.74, 6) is 0.696. The van der Waals surface area contributed by atoms with E-state index < -0.39 is 10.0 Å². The van der Waals surface area contributed by atoms with Crippen LogP contribution in [0.15, 0.2) is 47.6 Å². The Kier molecular flexibility index (Phi) is 5.03. The van der Waals surface area contributed by atoms with Gasteiger partial charge in [0.05, 0.1) is 10.6 Å². The average Bonchev–Trinajstić information content (AvgIpc) is 2.94. The first-order valence-corrected chi connectivity index (χ1v) is 9.85. The molecule has 0 atom stereocenters. The minimum Gasteiger partial charge on any atom is -0.263 e. The molecule has 7 nitrogen and oxygen atoms in total. The number of nitrogens with zero attached hydrogens (tertiary/aromatic N) is 4. The quantitative estimate of drug-likeness (QED) is 0.719. The highest BCUT2D eigenvalue weighted by molar-refractivity contribution is 7.92. The Balaban J connectivity index is 1.86. The maximum Gasteiger partial charge on any atom is 0.263 e. The van der Waals surface area contributed by atoms with Crippen molar-refractivity contribution in [1.29, 1.82) is 0 Å². The van der Waals surface area contributed by atoms with E-state index in [1.807, 2.05) is 32.0 Å². The predicted molar refractivity (Wildman–Crippen MR) is 99.9 cm³/mol. The molecule has 0 unspecified atom stereocenters. The zero-order valence-corrected chi connectivity index (χ0v) is 15.8. The smallest absolute Gasteiger partial charge is 0.263 e. The van der Waals surface area contributed by atoms with Crippen LogP contribution in [0.1, 0.15) is 30.3 Å². The van der Waals surface area contributed by atoms with Crippen LogP contribution in [0.3, 0.4) is 0 Å². The summed E-state index contributed by atoms with van der Waals surface area (Å²) in [4.78, 5) is 8.39. The number of hydrogen-bond acceptors (Lipinski definition) is 5. The van der Waals surface area contributed by atoms with E-state index in [4.69, 9.17) is 0 Å². The monoisotopic (exact) mass is 371 g/mol. The van der Waals surface area contributed by atoms with Crippen molar-refractivity contribution in [2.24, 2.45) is 0 Å². The van der Waals surface area contributed by atoms with E-state index in [1.54, 1.807) is 22.9 Å². The molecule has 136 valence electrons. The standard InChI is InChI=1S/C18H21N5O2S/c1-4-5-15-6-8-16(9-7-15)26(24,25)22-17-11-18(20-12-19-17)23-14(3)10-13(2)21-23/h6-12H,4-5H2,1-3H3,(H,19,20,22). The number of benzene rings is 1. The summed E-state index contributed by atoms with van der Waals surface area (Å²) in [6, 6.07) is 10.4. The Morgan fingerprint density at radius 1 is 1.08 bits per heavy atom. The first-order chi connectivity index (χ1) is 12.4. The summed E-state index contributed by atoms with van der Waals surface area (Å²) >= 11 is 0. The van der Waals surface area contributed by atoms with Crippen LogP contribution >= 0.6 is 0 Å². The van der Waals surface area contributed by atoms with Gasteiger partial charge in [-0.25, -0.2) is 23.1 Å². The van der Waals surface area contributed by atoms with Crippen LogP contribution in [0.25, 0.3) is 5.82 Å². The Labute approximate surface area is 153 Å². The molecule has 8 heteroatoms. The molecule has 0 spiro atoms. The molecule has 0 aliphatic carbocycles. The number of nitrogens with one attached hydrogen (secondary N) is 1. The minimum atomic E-state index is -3.72. The van der Waals surface area contributed by atoms with Gasteiger partial charge in [-0.05, 0) is 44.0 Å². The molecular weight excluding hydrogens is 350 g/mol. The SMILES string of the molecule is CCCc1ccc(S(=O)(=O)Nc2cc(-n3nc(C)cc3C)ncn2)cc1. The van der Waals surface area contributed by atoms with E-state index in [2.05, 4.69) is 26.7 Å². The maximum atomic E-state index is 12.6. The summed E-state index contributed by atoms with van der Waals surface area (Å²) in [7, 11) is -3.72. The van der Waals surface area contributed by atoms with Crippen molar-refractivity contribution < 1.29 is 8.42 Å². The Morgan fingerprint density at radius 2 is 1.81 bits per heavy atom. The molecule has 2 heterocycles. The second kappa shape index (κ2) is 7.25. The molecule has 0 fully saturated rings. The second-order valence-corrected chi connectivity index (χ2v) is 7.78. The zero-order chi connectivity index (χ0) is 18.7. The number of hydrogen-bond donors (Lipinski definition) is 1. The molecule has 0 aliphatic heterocycles. The van der Waals surface area contributed by atoms with Crippen molar-refractivity contribution in [1.82, 2.24) is 19.7 Å². The van der Waals surface area contributed by atoms with Crippen LogP contribution in [0.4, 0.5) is 5.82 Å². The number of rotatable bonds is 6. The summed E-state index contributed by atoms with van der Waals surface area (Å²) in [6.45, 7) is 5.88. The van der Waals surface area contributed by atoms with Crippen LogP contribution < -0.4 is 4.72 Å². The molecule has 26 heavy (non-hydrogen) atoms. The van der Waals surface area contributed by atoms with Gasteiger partial charge in [-0.3, -0.25) is 4.72 Å². The normalized spacial score (nSPS) is 11.5. The first-order valence-electron chi connectivity index (χ1n) is 8.36. The van der Waals surface area contributed by atoms with Crippen LogP contribution in [-0.4, -0.2) is 28.2 Å². The third-order valence-electron chi connectivity index (χ3n) is 3.89. The van der Waals surface area contributed by atoms with Crippen LogP contribution in [0.5, 0.6) is 0 Å². The topological polar surface area (TPSA) is 89.8 Å². The molecule has 0 radical (unpaired) electrons. The molecule has 2 aromatic heterocycles. The molecule has 0 amide bonds. The molecule has 0 aliphatic rings. The van der Waals surface area contributed by atoms with Crippen molar-refractivity contribution >= 4 is 15.8 Å². The Hall–Kier alpha value is -2.74. The molecule has 0 bridgehead atoms. The van der Waals surface area contributed by atoms with Crippen molar-refractivity contribution in [3.63, 3.8) is 0 Å². The van der Waals surface area contributed by atoms with Crippen molar-refractivity contribution in [2.45, 2.75) is 38.5 Å². The van der Waals surface area contributed by atoms with Crippen LogP contribution in [-0.2, 0) is 16.4 Å². The number of aromatic nitrogens is 4. The van der Waals surface area contributed by atoms with E-state index in [0.29, 0.717) is 5.82 Å². The summed E-state index contributed by atoms with van der Waals surface area (Å²) in [5.41, 5.74) is 2.87. The average molecular weight is 371 g/mol. The highest BCUT2D eigenvalue weighted by Crippen LogP contribution is 2.17.